The van der Waals surface area contributed by atoms with Crippen LogP contribution in [0.2, 0.25) is 0 Å². The molecule has 220 valence electrons. The molecule has 2 bridgehead atoms. The van der Waals surface area contributed by atoms with E-state index in [-0.39, 0.29) is 36.0 Å². The summed E-state index contributed by atoms with van der Waals surface area (Å²) in [5.41, 5.74) is 5.38. The molecule has 0 saturated carbocycles. The monoisotopic (exact) mass is 573 g/mol. The van der Waals surface area contributed by atoms with Crippen molar-refractivity contribution in [2.24, 2.45) is 11.8 Å². The fraction of sp³-hybridized carbons (Fsp3) is 0.485. The SMILES string of the molecule is C[C@@H](O)[C@H]1C(=O)N2C(C(=O)O)=C(c3ccc4c(c3)-c3ccc(C[N+]56CC[N+](CCCO)(CC5)CC6)cc3C4=O)[C@H](C)[C@H]12. The van der Waals surface area contributed by atoms with Crippen molar-refractivity contribution in [3.63, 3.8) is 0 Å². The number of aliphatic hydroxyl groups excluding tert-OH is 2. The molecule has 5 aliphatic heterocycles. The van der Waals surface area contributed by atoms with Gasteiger partial charge in [-0.1, -0.05) is 25.1 Å². The number of hydrogen-bond acceptors (Lipinski definition) is 5. The summed E-state index contributed by atoms with van der Waals surface area (Å²) in [6, 6.07) is 11.3. The van der Waals surface area contributed by atoms with Crippen LogP contribution in [0.15, 0.2) is 42.1 Å². The quantitative estimate of drug-likeness (QED) is 0.281. The molecule has 2 aromatic carbocycles. The lowest BCUT2D eigenvalue weighted by molar-refractivity contribution is -1.09. The number of carboxylic acids is 1. The Morgan fingerprint density at radius 3 is 2.26 bits per heavy atom. The van der Waals surface area contributed by atoms with Crippen molar-refractivity contribution in [2.75, 3.05) is 52.4 Å². The molecule has 42 heavy (non-hydrogen) atoms. The van der Waals surface area contributed by atoms with Crippen LogP contribution in [0.1, 0.15) is 47.3 Å². The van der Waals surface area contributed by atoms with Gasteiger partial charge in [0.2, 0.25) is 5.91 Å². The molecule has 1 aliphatic carbocycles. The van der Waals surface area contributed by atoms with Gasteiger partial charge in [-0.15, -0.1) is 0 Å². The van der Waals surface area contributed by atoms with E-state index in [1.54, 1.807) is 19.1 Å². The lowest BCUT2D eigenvalue weighted by Crippen LogP contribution is -2.74. The molecule has 4 saturated heterocycles. The Kier molecular flexibility index (Phi) is 6.26. The Morgan fingerprint density at radius 2 is 1.62 bits per heavy atom. The molecule has 0 unspecified atom stereocenters. The number of β-lactam (4-membered cyclic amide) rings is 1. The first-order chi connectivity index (χ1) is 20.1. The van der Waals surface area contributed by atoms with Crippen LogP contribution >= 0.6 is 0 Å². The van der Waals surface area contributed by atoms with Crippen molar-refractivity contribution < 1.29 is 38.7 Å². The summed E-state index contributed by atoms with van der Waals surface area (Å²) < 4.78 is 2.18. The first-order valence-corrected chi connectivity index (χ1v) is 15.2. The Balaban J connectivity index is 1.17. The van der Waals surface area contributed by atoms with Crippen LogP contribution in [-0.2, 0) is 16.1 Å². The van der Waals surface area contributed by atoms with Gasteiger partial charge in [-0.25, -0.2) is 4.79 Å². The lowest BCUT2D eigenvalue weighted by Gasteiger charge is -2.55. The van der Waals surface area contributed by atoms with Crippen molar-refractivity contribution >= 4 is 23.2 Å². The van der Waals surface area contributed by atoms with Crippen LogP contribution < -0.4 is 0 Å². The predicted molar refractivity (Wildman–Crippen MR) is 155 cm³/mol. The molecule has 0 spiro atoms. The largest absolute Gasteiger partial charge is 0.477 e. The normalized spacial score (nSPS) is 31.6. The number of amides is 1. The zero-order valence-corrected chi connectivity index (χ0v) is 24.3. The maximum Gasteiger partial charge on any atom is 0.352 e. The van der Waals surface area contributed by atoms with Gasteiger partial charge in [-0.3, -0.25) is 9.59 Å². The van der Waals surface area contributed by atoms with Crippen molar-refractivity contribution in [2.45, 2.75) is 39.0 Å². The highest BCUT2D eigenvalue weighted by Gasteiger charge is 2.60. The first-order valence-electron chi connectivity index (χ1n) is 15.2. The molecule has 3 N–H and O–H groups in total. The number of aliphatic carboxylic acids is 1. The topological polar surface area (TPSA) is 115 Å². The summed E-state index contributed by atoms with van der Waals surface area (Å²) in [7, 11) is 0. The summed E-state index contributed by atoms with van der Waals surface area (Å²) >= 11 is 0. The van der Waals surface area contributed by atoms with Crippen LogP contribution in [0, 0.1) is 11.8 Å². The summed E-state index contributed by atoms with van der Waals surface area (Å²) in [5, 5.41) is 29.6. The fourth-order valence-corrected chi connectivity index (χ4v) is 8.65. The Bertz CT molecular complexity index is 1540. The minimum Gasteiger partial charge on any atom is -0.477 e. The van der Waals surface area contributed by atoms with Crippen LogP contribution in [0.4, 0.5) is 0 Å². The molecule has 4 atom stereocenters. The van der Waals surface area contributed by atoms with Gasteiger partial charge in [0.15, 0.2) is 5.78 Å². The third kappa shape index (κ3) is 3.87. The molecule has 8 rings (SSSR count). The van der Waals surface area contributed by atoms with Gasteiger partial charge in [0.1, 0.15) is 51.5 Å². The third-order valence-electron chi connectivity index (χ3n) is 11.0. The van der Waals surface area contributed by atoms with E-state index < -0.39 is 18.0 Å². The summed E-state index contributed by atoms with van der Waals surface area (Å²) in [5.74, 6) is -2.42. The van der Waals surface area contributed by atoms with Crippen molar-refractivity contribution in [3.05, 3.63) is 64.3 Å². The van der Waals surface area contributed by atoms with E-state index in [9.17, 15) is 29.7 Å². The van der Waals surface area contributed by atoms with Crippen LogP contribution in [0.3, 0.4) is 0 Å². The van der Waals surface area contributed by atoms with E-state index in [2.05, 4.69) is 12.1 Å². The summed E-state index contributed by atoms with van der Waals surface area (Å²) in [6.07, 6.45) is 0.00473. The van der Waals surface area contributed by atoms with E-state index >= 15 is 0 Å². The zero-order chi connectivity index (χ0) is 29.6. The van der Waals surface area contributed by atoms with Gasteiger partial charge in [-0.05, 0) is 47.4 Å². The molecular formula is C33H39N3O6+2. The minimum atomic E-state index is -1.16. The smallest absolute Gasteiger partial charge is 0.352 e. The lowest BCUT2D eigenvalue weighted by atomic mass is 9.76. The first kappa shape index (κ1) is 27.5. The number of aliphatic hydroxyl groups is 2. The average molecular weight is 574 g/mol. The molecule has 2 aromatic rings. The van der Waals surface area contributed by atoms with Crippen molar-refractivity contribution in [1.82, 2.24) is 4.90 Å². The summed E-state index contributed by atoms with van der Waals surface area (Å²) in [6.45, 7) is 12.5. The molecule has 9 heteroatoms. The number of fused-ring (bicyclic) bond motifs is 7. The van der Waals surface area contributed by atoms with Gasteiger partial charge in [-0.2, -0.15) is 0 Å². The highest BCUT2D eigenvalue weighted by molar-refractivity contribution is 6.22. The molecule has 9 nitrogen and oxygen atoms in total. The Hall–Kier alpha value is -3.37. The number of carbonyl (C=O) groups excluding carboxylic acids is 2. The number of ketones is 1. The average Bonchev–Trinajstić information content (AvgIpc) is 3.40. The molecule has 6 aliphatic rings. The number of carboxylic acid groups (broad SMARTS) is 1. The van der Waals surface area contributed by atoms with Gasteiger partial charge in [0.25, 0.3) is 0 Å². The Morgan fingerprint density at radius 1 is 0.952 bits per heavy atom. The van der Waals surface area contributed by atoms with Gasteiger partial charge in [0, 0.05) is 35.6 Å². The molecule has 5 heterocycles. The van der Waals surface area contributed by atoms with Crippen LogP contribution in [0.5, 0.6) is 0 Å². The van der Waals surface area contributed by atoms with E-state index in [0.717, 1.165) is 78.9 Å². The minimum absolute atomic E-state index is 0.00884. The highest BCUT2D eigenvalue weighted by Crippen LogP contribution is 2.51. The number of nitrogens with zero attached hydrogens (tertiary/aromatic N) is 3. The van der Waals surface area contributed by atoms with E-state index in [0.29, 0.717) is 22.3 Å². The second kappa shape index (κ2) is 9.57. The predicted octanol–water partition coefficient (Wildman–Crippen LogP) is 2.09. The highest BCUT2D eigenvalue weighted by atomic mass is 16.4. The van der Waals surface area contributed by atoms with E-state index in [1.165, 1.54) is 10.5 Å². The maximum atomic E-state index is 13.6. The molecule has 4 fully saturated rings. The standard InChI is InChI=1S/C33H38N3O6/c1-19-27(30(33(41)42)34-29(19)28(20(2)38)32(34)40)22-5-7-24-25(17-22)23-6-4-21(16-26(23)31(24)39)18-36-12-9-35(10-13-36,11-14-36)8-3-15-37/h4-7,16-17,19-20,28-29,37-38H,3,8-15,18H2,1-2H3/q+1/p+1/t19-,20+,28+,29+,35?,36?/m0/s1. The molecule has 1 amide bonds. The maximum absolute atomic E-state index is 13.6. The molecule has 0 radical (unpaired) electrons. The van der Waals surface area contributed by atoms with Gasteiger partial charge >= 0.3 is 5.97 Å². The number of hydrogen-bond donors (Lipinski definition) is 3. The zero-order valence-electron chi connectivity index (χ0n) is 24.3. The fourth-order valence-electron chi connectivity index (χ4n) is 8.65. The Labute approximate surface area is 245 Å². The van der Waals surface area contributed by atoms with Gasteiger partial charge < -0.3 is 29.2 Å². The van der Waals surface area contributed by atoms with Gasteiger partial charge in [0.05, 0.1) is 24.6 Å². The molecule has 0 aromatic heterocycles. The van der Waals surface area contributed by atoms with Crippen molar-refractivity contribution in [3.8, 4) is 11.1 Å². The molecular weight excluding hydrogens is 534 g/mol. The van der Waals surface area contributed by atoms with E-state index in [1.807, 2.05) is 19.1 Å². The number of quaternary nitrogens is 2. The second-order valence-electron chi connectivity index (χ2n) is 13.3. The second-order valence-corrected chi connectivity index (χ2v) is 13.3. The van der Waals surface area contributed by atoms with Crippen molar-refractivity contribution in [1.29, 1.82) is 0 Å². The van der Waals surface area contributed by atoms with Crippen LogP contribution in [-0.4, -0.2) is 111 Å². The third-order valence-corrected chi connectivity index (χ3v) is 11.0. The number of carbonyl (C=O) groups is 3. The van der Waals surface area contributed by atoms with Crippen LogP contribution in [0.25, 0.3) is 16.7 Å². The summed E-state index contributed by atoms with van der Waals surface area (Å²) in [4.78, 5) is 40.1. The number of benzene rings is 2. The number of piperazine rings is 3. The number of rotatable bonds is 8. The van der Waals surface area contributed by atoms with E-state index in [4.69, 9.17) is 0 Å².